The van der Waals surface area contributed by atoms with E-state index < -0.39 is 0 Å². The lowest BCUT2D eigenvalue weighted by Crippen LogP contribution is -2.50. The summed E-state index contributed by atoms with van der Waals surface area (Å²) in [6, 6.07) is 15.8. The van der Waals surface area contributed by atoms with E-state index in [9.17, 15) is 19.2 Å². The Bertz CT molecular complexity index is 990. The first-order valence-corrected chi connectivity index (χ1v) is 10.4. The van der Waals surface area contributed by atoms with Gasteiger partial charge in [-0.3, -0.25) is 24.6 Å². The highest BCUT2D eigenvalue weighted by Crippen LogP contribution is 2.22. The van der Waals surface area contributed by atoms with Crippen molar-refractivity contribution in [1.29, 1.82) is 0 Å². The van der Waals surface area contributed by atoms with E-state index >= 15 is 0 Å². The molecule has 0 aliphatic carbocycles. The van der Waals surface area contributed by atoms with Crippen molar-refractivity contribution >= 4 is 35.0 Å². The second-order valence-corrected chi connectivity index (χ2v) is 7.76. The molecular formula is C23H24N4O4. The fourth-order valence-electron chi connectivity index (χ4n) is 3.86. The Labute approximate surface area is 180 Å². The summed E-state index contributed by atoms with van der Waals surface area (Å²) < 4.78 is 0. The van der Waals surface area contributed by atoms with E-state index in [0.717, 1.165) is 18.5 Å². The predicted octanol–water partition coefficient (Wildman–Crippen LogP) is 2.34. The Balaban J connectivity index is 1.40. The number of carbonyl (C=O) groups excluding carboxylic acids is 4. The number of nitrogens with one attached hydrogen (secondary N) is 2. The van der Waals surface area contributed by atoms with Crippen LogP contribution in [0.4, 0.5) is 11.4 Å². The number of piperidine rings is 1. The van der Waals surface area contributed by atoms with Crippen LogP contribution in [0, 0.1) is 5.92 Å². The topological polar surface area (TPSA) is 98.8 Å². The summed E-state index contributed by atoms with van der Waals surface area (Å²) in [6.07, 6.45) is 1.83. The molecule has 0 saturated carbocycles. The van der Waals surface area contributed by atoms with E-state index in [0.29, 0.717) is 24.3 Å². The summed E-state index contributed by atoms with van der Waals surface area (Å²) in [5.74, 6) is -0.913. The number of rotatable bonds is 4. The fraction of sp³-hybridized carbons (Fsp3) is 0.304. The smallest absolute Gasteiger partial charge is 0.253 e. The summed E-state index contributed by atoms with van der Waals surface area (Å²) in [5, 5.41) is 4.13. The van der Waals surface area contributed by atoms with Crippen LogP contribution in [-0.2, 0) is 14.4 Å². The van der Waals surface area contributed by atoms with Crippen molar-refractivity contribution in [2.45, 2.75) is 25.7 Å². The molecular weight excluding hydrogens is 396 g/mol. The predicted molar refractivity (Wildman–Crippen MR) is 115 cm³/mol. The zero-order valence-electron chi connectivity index (χ0n) is 17.0. The molecule has 0 aromatic heterocycles. The number of anilines is 2. The molecule has 2 aromatic rings. The number of hydrogen-bond acceptors (Lipinski definition) is 4. The van der Waals surface area contributed by atoms with Gasteiger partial charge in [0.15, 0.2) is 0 Å². The third kappa shape index (κ3) is 4.74. The van der Waals surface area contributed by atoms with Gasteiger partial charge in [0.05, 0.1) is 11.6 Å². The fourth-order valence-corrected chi connectivity index (χ4v) is 3.86. The average molecular weight is 420 g/mol. The second-order valence-electron chi connectivity index (χ2n) is 7.76. The lowest BCUT2D eigenvalue weighted by Gasteiger charge is -2.32. The number of para-hydroxylation sites is 1. The normalized spacial score (nSPS) is 19.0. The third-order valence-electron chi connectivity index (χ3n) is 5.55. The minimum absolute atomic E-state index is 0.0848. The molecule has 4 amide bonds. The Morgan fingerprint density at radius 3 is 2.45 bits per heavy atom. The summed E-state index contributed by atoms with van der Waals surface area (Å²) >= 11 is 0. The molecule has 1 atom stereocenters. The maximum absolute atomic E-state index is 13.0. The molecule has 2 aliphatic heterocycles. The molecule has 4 rings (SSSR count). The maximum Gasteiger partial charge on any atom is 0.253 e. The Morgan fingerprint density at radius 1 is 0.968 bits per heavy atom. The van der Waals surface area contributed by atoms with Gasteiger partial charge in [-0.2, -0.15) is 0 Å². The first kappa shape index (κ1) is 20.6. The molecule has 2 aliphatic rings. The van der Waals surface area contributed by atoms with Crippen LogP contribution >= 0.6 is 0 Å². The number of benzene rings is 2. The van der Waals surface area contributed by atoms with Crippen LogP contribution in [0.5, 0.6) is 0 Å². The number of hydrogen-bond donors (Lipinski definition) is 2. The lowest BCUT2D eigenvalue weighted by atomic mass is 9.96. The number of carbonyl (C=O) groups is 4. The van der Waals surface area contributed by atoms with Crippen molar-refractivity contribution in [1.82, 2.24) is 10.3 Å². The molecule has 2 N–H and O–H groups in total. The minimum Gasteiger partial charge on any atom is -0.338 e. The highest BCUT2D eigenvalue weighted by molar-refractivity contribution is 6.02. The number of likely N-dealkylation sites (tertiary alicyclic amines) is 1. The van der Waals surface area contributed by atoms with Gasteiger partial charge in [0.1, 0.15) is 0 Å². The van der Waals surface area contributed by atoms with E-state index in [1.807, 2.05) is 30.3 Å². The second kappa shape index (κ2) is 8.99. The Kier molecular flexibility index (Phi) is 5.97. The van der Waals surface area contributed by atoms with Crippen LogP contribution in [0.2, 0.25) is 0 Å². The van der Waals surface area contributed by atoms with Gasteiger partial charge in [0.2, 0.25) is 17.7 Å². The lowest BCUT2D eigenvalue weighted by molar-refractivity contribution is -0.130. The van der Waals surface area contributed by atoms with Crippen molar-refractivity contribution in [3.8, 4) is 0 Å². The molecule has 31 heavy (non-hydrogen) atoms. The van der Waals surface area contributed by atoms with Gasteiger partial charge in [0, 0.05) is 37.2 Å². The molecule has 1 unspecified atom stereocenters. The van der Waals surface area contributed by atoms with Gasteiger partial charge < -0.3 is 10.2 Å². The van der Waals surface area contributed by atoms with Crippen LogP contribution in [0.15, 0.2) is 54.6 Å². The average Bonchev–Trinajstić information content (AvgIpc) is 2.81. The first-order chi connectivity index (χ1) is 15.0. The number of nitrogens with zero attached hydrogens (tertiary/aromatic N) is 2. The molecule has 8 heteroatoms. The molecule has 0 spiro atoms. The molecule has 0 radical (unpaired) electrons. The summed E-state index contributed by atoms with van der Waals surface area (Å²) in [4.78, 5) is 50.9. The first-order valence-electron chi connectivity index (χ1n) is 10.4. The zero-order valence-corrected chi connectivity index (χ0v) is 17.0. The van der Waals surface area contributed by atoms with Crippen molar-refractivity contribution in [3.05, 3.63) is 60.2 Å². The largest absolute Gasteiger partial charge is 0.338 e. The van der Waals surface area contributed by atoms with E-state index in [1.54, 1.807) is 29.2 Å². The maximum atomic E-state index is 13.0. The van der Waals surface area contributed by atoms with Crippen molar-refractivity contribution in [3.63, 3.8) is 0 Å². The highest BCUT2D eigenvalue weighted by atomic mass is 16.2. The molecule has 0 bridgehead atoms. The number of hydrazine groups is 1. The summed E-state index contributed by atoms with van der Waals surface area (Å²) in [7, 11) is 0. The molecule has 2 aromatic carbocycles. The monoisotopic (exact) mass is 420 g/mol. The van der Waals surface area contributed by atoms with Crippen LogP contribution < -0.4 is 15.8 Å². The molecule has 160 valence electrons. The van der Waals surface area contributed by atoms with Crippen molar-refractivity contribution in [2.75, 3.05) is 23.4 Å². The number of amides is 4. The molecule has 2 saturated heterocycles. The van der Waals surface area contributed by atoms with Gasteiger partial charge in [-0.05, 0) is 49.2 Å². The van der Waals surface area contributed by atoms with E-state index in [1.165, 1.54) is 5.01 Å². The molecule has 8 nitrogen and oxygen atoms in total. The van der Waals surface area contributed by atoms with Crippen molar-refractivity contribution in [2.24, 2.45) is 5.92 Å². The van der Waals surface area contributed by atoms with Crippen molar-refractivity contribution < 1.29 is 19.2 Å². The van der Waals surface area contributed by atoms with Gasteiger partial charge in [-0.1, -0.05) is 18.2 Å². The van der Waals surface area contributed by atoms with Crippen LogP contribution in [0.1, 0.15) is 36.0 Å². The molecule has 2 fully saturated rings. The summed E-state index contributed by atoms with van der Waals surface area (Å²) in [6.45, 7) is 0.955. The standard InChI is InChI=1S/C23H24N4O4/c28-20-12-13-21(29)27(25-20)19-10-8-16(9-11-19)23(31)26-14-4-5-17(15-26)22(30)24-18-6-2-1-3-7-18/h1-3,6-11,17H,4-5,12-15H2,(H,24,30)(H,25,28). The SMILES string of the molecule is O=C1CCC(=O)N(c2ccc(C(=O)N3CCCC(C(=O)Nc4ccccc4)C3)cc2)N1. The van der Waals surface area contributed by atoms with E-state index in [-0.39, 0.29) is 42.4 Å². The van der Waals surface area contributed by atoms with Crippen LogP contribution in [-0.4, -0.2) is 41.6 Å². The zero-order chi connectivity index (χ0) is 21.8. The highest BCUT2D eigenvalue weighted by Gasteiger charge is 2.29. The quantitative estimate of drug-likeness (QED) is 0.793. The Hall–Kier alpha value is -3.68. The third-order valence-corrected chi connectivity index (χ3v) is 5.55. The summed E-state index contributed by atoms with van der Waals surface area (Å²) in [5.41, 5.74) is 4.26. The van der Waals surface area contributed by atoms with E-state index in [4.69, 9.17) is 0 Å². The van der Waals surface area contributed by atoms with Crippen LogP contribution in [0.3, 0.4) is 0 Å². The van der Waals surface area contributed by atoms with Crippen LogP contribution in [0.25, 0.3) is 0 Å². The minimum atomic E-state index is -0.265. The van der Waals surface area contributed by atoms with Gasteiger partial charge in [-0.25, -0.2) is 5.01 Å². The van der Waals surface area contributed by atoms with Gasteiger partial charge >= 0.3 is 0 Å². The Morgan fingerprint density at radius 2 is 1.71 bits per heavy atom. The van der Waals surface area contributed by atoms with Gasteiger partial charge in [0.25, 0.3) is 5.91 Å². The molecule has 2 heterocycles. The van der Waals surface area contributed by atoms with Gasteiger partial charge in [-0.15, -0.1) is 0 Å². The van der Waals surface area contributed by atoms with E-state index in [2.05, 4.69) is 10.7 Å².